The summed E-state index contributed by atoms with van der Waals surface area (Å²) in [6.07, 6.45) is 0.593. The van der Waals surface area contributed by atoms with E-state index in [-0.39, 0.29) is 11.6 Å². The van der Waals surface area contributed by atoms with Crippen molar-refractivity contribution in [1.82, 2.24) is 9.55 Å². The number of hydrogen-bond acceptors (Lipinski definition) is 3. The van der Waals surface area contributed by atoms with Crippen LogP contribution >= 0.6 is 11.6 Å². The number of fused-ring (bicyclic) bond motifs is 3. The van der Waals surface area contributed by atoms with Gasteiger partial charge in [0.15, 0.2) is 0 Å². The van der Waals surface area contributed by atoms with Gasteiger partial charge < -0.3 is 4.57 Å². The Balaban J connectivity index is 2.07. The van der Waals surface area contributed by atoms with Gasteiger partial charge in [-0.2, -0.15) is 4.98 Å². The maximum absolute atomic E-state index is 11.9. The van der Waals surface area contributed by atoms with Crippen molar-refractivity contribution in [3.8, 4) is 5.69 Å². The highest BCUT2D eigenvalue weighted by molar-refractivity contribution is 6.31. The Morgan fingerprint density at radius 1 is 1.12 bits per heavy atom. The second-order valence-corrected chi connectivity index (χ2v) is 6.98. The lowest BCUT2D eigenvalue weighted by molar-refractivity contribution is 0.665. The maximum atomic E-state index is 11.9. The molecule has 5 heteroatoms. The van der Waals surface area contributed by atoms with Gasteiger partial charge in [0.2, 0.25) is 0 Å². The third-order valence-corrected chi connectivity index (χ3v) is 4.75. The van der Waals surface area contributed by atoms with Gasteiger partial charge in [0.1, 0.15) is 5.82 Å². The summed E-state index contributed by atoms with van der Waals surface area (Å²) < 4.78 is 2.04. The van der Waals surface area contributed by atoms with Crippen LogP contribution in [-0.4, -0.2) is 21.3 Å². The Morgan fingerprint density at radius 3 is 2.65 bits per heavy atom. The minimum atomic E-state index is -0.218. The van der Waals surface area contributed by atoms with E-state index in [9.17, 15) is 4.79 Å². The molecule has 26 heavy (non-hydrogen) atoms. The largest absolute Gasteiger partial charge is 0.302 e. The molecule has 1 atom stereocenters. The topological polar surface area (TPSA) is 47.2 Å². The molecule has 0 fully saturated rings. The van der Waals surface area contributed by atoms with Crippen molar-refractivity contribution in [1.29, 1.82) is 0 Å². The molecule has 2 aromatic carbocycles. The normalized spacial score (nSPS) is 16.1. The number of aryl methyl sites for hydroxylation is 1. The van der Waals surface area contributed by atoms with Crippen LogP contribution in [0.4, 0.5) is 0 Å². The predicted octanol–water partition coefficient (Wildman–Crippen LogP) is 3.98. The minimum absolute atomic E-state index is 0.0164. The van der Waals surface area contributed by atoms with E-state index in [1.165, 1.54) is 0 Å². The fourth-order valence-corrected chi connectivity index (χ4v) is 3.61. The summed E-state index contributed by atoms with van der Waals surface area (Å²) in [6.45, 7) is 3.97. The average molecular weight is 364 g/mol. The first-order chi connectivity index (χ1) is 12.5. The Hall–Kier alpha value is -2.72. The predicted molar refractivity (Wildman–Crippen MR) is 105 cm³/mol. The van der Waals surface area contributed by atoms with Crippen LogP contribution in [-0.2, 0) is 6.42 Å². The minimum Gasteiger partial charge on any atom is -0.302 e. The van der Waals surface area contributed by atoms with Crippen LogP contribution in [0.15, 0.2) is 64.4 Å². The van der Waals surface area contributed by atoms with E-state index in [1.54, 1.807) is 6.07 Å². The van der Waals surface area contributed by atoms with Gasteiger partial charge in [-0.15, -0.1) is 0 Å². The van der Waals surface area contributed by atoms with Crippen LogP contribution in [0.25, 0.3) is 5.69 Å². The number of rotatable bonds is 1. The highest BCUT2D eigenvalue weighted by Gasteiger charge is 2.22. The molecule has 0 spiro atoms. The first-order valence-corrected chi connectivity index (χ1v) is 8.94. The van der Waals surface area contributed by atoms with E-state index in [4.69, 9.17) is 16.6 Å². The quantitative estimate of drug-likeness (QED) is 0.656. The zero-order chi connectivity index (χ0) is 18.3. The summed E-state index contributed by atoms with van der Waals surface area (Å²) in [7, 11) is 0. The third kappa shape index (κ3) is 2.97. The maximum Gasteiger partial charge on any atom is 0.273 e. The summed E-state index contributed by atoms with van der Waals surface area (Å²) in [4.78, 5) is 21.1. The van der Waals surface area contributed by atoms with Crippen LogP contribution in [0.5, 0.6) is 0 Å². The molecule has 4 nitrogen and oxygen atoms in total. The lowest BCUT2D eigenvalue weighted by Crippen LogP contribution is -2.26. The zero-order valence-corrected chi connectivity index (χ0v) is 15.4. The molecule has 0 amide bonds. The zero-order valence-electron chi connectivity index (χ0n) is 14.6. The van der Waals surface area contributed by atoms with E-state index in [0.717, 1.165) is 34.0 Å². The molecular weight excluding hydrogens is 346 g/mol. The van der Waals surface area contributed by atoms with Gasteiger partial charge in [-0.05, 0) is 32.0 Å². The van der Waals surface area contributed by atoms with Crippen molar-refractivity contribution in [2.24, 2.45) is 4.99 Å². The molecule has 4 rings (SSSR count). The van der Waals surface area contributed by atoms with Gasteiger partial charge >= 0.3 is 0 Å². The van der Waals surface area contributed by atoms with Crippen molar-refractivity contribution in [3.05, 3.63) is 92.6 Å². The van der Waals surface area contributed by atoms with E-state index in [0.29, 0.717) is 11.4 Å². The van der Waals surface area contributed by atoms with Crippen LogP contribution in [0.2, 0.25) is 5.02 Å². The second-order valence-electron chi connectivity index (χ2n) is 6.55. The number of aromatic nitrogens is 2. The molecule has 0 bridgehead atoms. The molecule has 1 aliphatic rings. The van der Waals surface area contributed by atoms with Crippen molar-refractivity contribution >= 4 is 17.3 Å². The summed E-state index contributed by atoms with van der Waals surface area (Å²) in [5.41, 5.74) is 4.45. The SMILES string of the molecule is Cc1cc(=O)nc2n1-c1ccc(Cl)cc1C(c1ccccc1)=NC(C)C2. The van der Waals surface area contributed by atoms with Gasteiger partial charge in [0, 0.05) is 34.3 Å². The molecule has 0 saturated heterocycles. The first-order valence-electron chi connectivity index (χ1n) is 8.56. The molecule has 0 radical (unpaired) electrons. The van der Waals surface area contributed by atoms with Gasteiger partial charge in [0.05, 0.1) is 17.4 Å². The van der Waals surface area contributed by atoms with Crippen molar-refractivity contribution < 1.29 is 0 Å². The summed E-state index contributed by atoms with van der Waals surface area (Å²) in [5, 5.41) is 0.647. The standard InChI is InChI=1S/C21H18ClN3O/c1-13-10-19-24-20(26)11-14(2)25(19)18-9-8-16(22)12-17(18)21(23-13)15-6-4-3-5-7-15/h3-9,11-13H,10H2,1-2H3. The van der Waals surface area contributed by atoms with Crippen molar-refractivity contribution in [2.75, 3.05) is 0 Å². The van der Waals surface area contributed by atoms with Crippen molar-refractivity contribution in [2.45, 2.75) is 26.3 Å². The summed E-state index contributed by atoms with van der Waals surface area (Å²) in [5.74, 6) is 0.724. The summed E-state index contributed by atoms with van der Waals surface area (Å²) in [6, 6.07) is 17.4. The van der Waals surface area contributed by atoms with E-state index >= 15 is 0 Å². The Labute approximate surface area is 156 Å². The lowest BCUT2D eigenvalue weighted by atomic mass is 9.98. The fourth-order valence-electron chi connectivity index (χ4n) is 3.44. The number of halogens is 1. The molecule has 1 aliphatic heterocycles. The van der Waals surface area contributed by atoms with Crippen LogP contribution in [0, 0.1) is 6.92 Å². The average Bonchev–Trinajstić information content (AvgIpc) is 2.60. The Morgan fingerprint density at radius 2 is 1.88 bits per heavy atom. The first kappa shape index (κ1) is 16.7. The van der Waals surface area contributed by atoms with Gasteiger partial charge in [-0.1, -0.05) is 41.9 Å². The molecular formula is C21H18ClN3O. The van der Waals surface area contributed by atoms with E-state index in [2.05, 4.69) is 17.1 Å². The lowest BCUT2D eigenvalue weighted by Gasteiger charge is -2.24. The fraction of sp³-hybridized carbons (Fsp3) is 0.190. The molecule has 1 aromatic heterocycles. The summed E-state index contributed by atoms with van der Waals surface area (Å²) >= 11 is 6.32. The molecule has 130 valence electrons. The van der Waals surface area contributed by atoms with Crippen molar-refractivity contribution in [3.63, 3.8) is 0 Å². The number of hydrogen-bond donors (Lipinski definition) is 0. The Bertz CT molecular complexity index is 1070. The monoisotopic (exact) mass is 363 g/mol. The van der Waals surface area contributed by atoms with Crippen LogP contribution in [0.3, 0.4) is 0 Å². The van der Waals surface area contributed by atoms with E-state index < -0.39 is 0 Å². The van der Waals surface area contributed by atoms with E-state index in [1.807, 2.05) is 54.8 Å². The molecule has 0 aliphatic carbocycles. The van der Waals surface area contributed by atoms with Gasteiger partial charge in [-0.3, -0.25) is 9.79 Å². The van der Waals surface area contributed by atoms with Gasteiger partial charge in [-0.25, -0.2) is 0 Å². The molecule has 0 N–H and O–H groups in total. The van der Waals surface area contributed by atoms with Crippen LogP contribution < -0.4 is 5.56 Å². The smallest absolute Gasteiger partial charge is 0.273 e. The number of aliphatic imine (C=N–C) groups is 1. The third-order valence-electron chi connectivity index (χ3n) is 4.51. The number of nitrogens with zero attached hydrogens (tertiary/aromatic N) is 3. The van der Waals surface area contributed by atoms with Gasteiger partial charge in [0.25, 0.3) is 5.56 Å². The second kappa shape index (κ2) is 6.54. The molecule has 3 aromatic rings. The van der Waals surface area contributed by atoms with Crippen LogP contribution in [0.1, 0.15) is 29.6 Å². The Kier molecular flexibility index (Phi) is 4.21. The molecule has 0 saturated carbocycles. The highest BCUT2D eigenvalue weighted by atomic mass is 35.5. The number of benzene rings is 2. The highest BCUT2D eigenvalue weighted by Crippen LogP contribution is 2.27. The molecule has 2 heterocycles. The molecule has 1 unspecified atom stereocenters.